The van der Waals surface area contributed by atoms with E-state index in [-0.39, 0.29) is 17.8 Å². The fraction of sp³-hybridized carbons (Fsp3) is 0.632. The molecule has 1 aromatic rings. The average Bonchev–Trinajstić information content (AvgIpc) is 3.42. The lowest BCUT2D eigenvalue weighted by Gasteiger charge is -2.32. The Morgan fingerprint density at radius 3 is 2.30 bits per heavy atom. The van der Waals surface area contributed by atoms with Gasteiger partial charge in [-0.3, -0.25) is 4.72 Å². The van der Waals surface area contributed by atoms with Crippen LogP contribution in [-0.4, -0.2) is 50.8 Å². The molecule has 1 aliphatic heterocycles. The van der Waals surface area contributed by atoms with Crippen LogP contribution in [0.5, 0.6) is 0 Å². The highest BCUT2D eigenvalue weighted by Crippen LogP contribution is 2.30. The van der Waals surface area contributed by atoms with E-state index in [0.717, 1.165) is 31.8 Å². The Bertz CT molecular complexity index is 724. The molecule has 0 bridgehead atoms. The number of nitrogens with one attached hydrogen (secondary N) is 3. The zero-order chi connectivity index (χ0) is 19.3. The predicted molar refractivity (Wildman–Crippen MR) is 108 cm³/mol. The lowest BCUT2D eigenvalue weighted by atomic mass is 10.0. The number of piperidine rings is 1. The van der Waals surface area contributed by atoms with E-state index >= 15 is 0 Å². The number of hydrogen-bond donors (Lipinski definition) is 3. The molecule has 3 N–H and O–H groups in total. The molecule has 27 heavy (non-hydrogen) atoms. The zero-order valence-corrected chi connectivity index (χ0v) is 16.7. The molecule has 0 unspecified atom stereocenters. The molecule has 0 radical (unpaired) electrons. The van der Waals surface area contributed by atoms with Gasteiger partial charge in [-0.1, -0.05) is 6.92 Å². The van der Waals surface area contributed by atoms with E-state index < -0.39 is 10.0 Å². The number of amides is 2. The summed E-state index contributed by atoms with van der Waals surface area (Å²) >= 11 is 0. The minimum Gasteiger partial charge on any atom is -0.335 e. The van der Waals surface area contributed by atoms with Crippen LogP contribution in [0.25, 0.3) is 0 Å². The summed E-state index contributed by atoms with van der Waals surface area (Å²) < 4.78 is 26.1. The standard InChI is InChI=1S/C19H30N4O3S/c1-2-13-27(25,26)22-18-7-5-16(6-8-18)20-19(24)21-17-9-11-23(12-10-17)14-15-3-4-15/h5-8,15,17,22H,2-4,9-14H2,1H3,(H2,20,21,24). The molecular weight excluding hydrogens is 364 g/mol. The topological polar surface area (TPSA) is 90.5 Å². The molecule has 0 spiro atoms. The minimum atomic E-state index is -3.30. The molecule has 0 aromatic heterocycles. The van der Waals surface area contributed by atoms with E-state index in [0.29, 0.717) is 17.8 Å². The van der Waals surface area contributed by atoms with Crippen molar-refractivity contribution in [3.8, 4) is 0 Å². The quantitative estimate of drug-likeness (QED) is 0.632. The van der Waals surface area contributed by atoms with Gasteiger partial charge in [0.15, 0.2) is 0 Å². The zero-order valence-electron chi connectivity index (χ0n) is 15.9. The van der Waals surface area contributed by atoms with E-state index in [1.807, 2.05) is 6.92 Å². The highest BCUT2D eigenvalue weighted by molar-refractivity contribution is 7.92. The number of hydrogen-bond acceptors (Lipinski definition) is 4. The second kappa shape index (κ2) is 8.93. The molecule has 3 rings (SSSR count). The third-order valence-corrected chi connectivity index (χ3v) is 6.52. The highest BCUT2D eigenvalue weighted by Gasteiger charge is 2.27. The molecule has 2 fully saturated rings. The van der Waals surface area contributed by atoms with Crippen LogP contribution in [0.4, 0.5) is 16.2 Å². The smallest absolute Gasteiger partial charge is 0.319 e. The highest BCUT2D eigenvalue weighted by atomic mass is 32.2. The monoisotopic (exact) mass is 394 g/mol. The SMILES string of the molecule is CCCS(=O)(=O)Nc1ccc(NC(=O)NC2CCN(CC3CC3)CC2)cc1. The van der Waals surface area contributed by atoms with Crippen LogP contribution < -0.4 is 15.4 Å². The Morgan fingerprint density at radius 1 is 1.07 bits per heavy atom. The normalized spacial score (nSPS) is 18.9. The molecule has 0 atom stereocenters. The summed E-state index contributed by atoms with van der Waals surface area (Å²) in [5.41, 5.74) is 1.13. The number of anilines is 2. The van der Waals surface area contributed by atoms with Gasteiger partial charge in [0.25, 0.3) is 0 Å². The van der Waals surface area contributed by atoms with Crippen molar-refractivity contribution in [2.24, 2.45) is 5.92 Å². The predicted octanol–water partition coefficient (Wildman–Crippen LogP) is 2.83. The largest absolute Gasteiger partial charge is 0.335 e. The first kappa shape index (κ1) is 19.9. The number of sulfonamides is 1. The van der Waals surface area contributed by atoms with Crippen molar-refractivity contribution < 1.29 is 13.2 Å². The van der Waals surface area contributed by atoms with Gasteiger partial charge >= 0.3 is 6.03 Å². The number of rotatable bonds is 8. The number of nitrogens with zero attached hydrogens (tertiary/aromatic N) is 1. The molecule has 1 heterocycles. The van der Waals surface area contributed by atoms with Gasteiger partial charge in [0.2, 0.25) is 10.0 Å². The first-order chi connectivity index (χ1) is 12.9. The van der Waals surface area contributed by atoms with E-state index in [4.69, 9.17) is 0 Å². The van der Waals surface area contributed by atoms with Crippen LogP contribution in [0.15, 0.2) is 24.3 Å². The van der Waals surface area contributed by atoms with Gasteiger partial charge in [0, 0.05) is 37.1 Å². The van der Waals surface area contributed by atoms with Gasteiger partial charge in [0.1, 0.15) is 0 Å². The van der Waals surface area contributed by atoms with Crippen molar-refractivity contribution >= 4 is 27.4 Å². The summed E-state index contributed by atoms with van der Waals surface area (Å²) in [6, 6.07) is 6.69. The van der Waals surface area contributed by atoms with Crippen LogP contribution in [0.3, 0.4) is 0 Å². The second-order valence-electron chi connectivity index (χ2n) is 7.62. The van der Waals surface area contributed by atoms with Crippen molar-refractivity contribution in [1.29, 1.82) is 0 Å². The van der Waals surface area contributed by atoms with Crippen LogP contribution in [0.1, 0.15) is 39.0 Å². The summed E-state index contributed by atoms with van der Waals surface area (Å²) in [4.78, 5) is 14.7. The minimum absolute atomic E-state index is 0.0921. The average molecular weight is 395 g/mol. The lowest BCUT2D eigenvalue weighted by Crippen LogP contribution is -2.46. The fourth-order valence-electron chi connectivity index (χ4n) is 3.40. The van der Waals surface area contributed by atoms with Crippen LogP contribution >= 0.6 is 0 Å². The van der Waals surface area contributed by atoms with Gasteiger partial charge < -0.3 is 15.5 Å². The molecule has 2 amide bonds. The van der Waals surface area contributed by atoms with E-state index in [1.165, 1.54) is 19.4 Å². The number of urea groups is 1. The molecule has 7 nitrogen and oxygen atoms in total. The summed E-state index contributed by atoms with van der Waals surface area (Å²) in [6.07, 6.45) is 5.28. The Morgan fingerprint density at radius 2 is 1.70 bits per heavy atom. The molecule has 150 valence electrons. The maximum absolute atomic E-state index is 12.2. The Hall–Kier alpha value is -1.80. The van der Waals surface area contributed by atoms with Gasteiger partial charge in [-0.15, -0.1) is 0 Å². The third kappa shape index (κ3) is 6.70. The molecule has 8 heteroatoms. The maximum atomic E-state index is 12.2. The van der Waals surface area contributed by atoms with Gasteiger partial charge in [-0.25, -0.2) is 13.2 Å². The molecule has 2 aliphatic rings. The summed E-state index contributed by atoms with van der Waals surface area (Å²) in [5.74, 6) is 1.00. The van der Waals surface area contributed by atoms with E-state index in [1.54, 1.807) is 24.3 Å². The van der Waals surface area contributed by atoms with E-state index in [9.17, 15) is 13.2 Å². The Labute approximate surface area is 161 Å². The third-order valence-electron chi connectivity index (χ3n) is 5.03. The molecule has 1 saturated carbocycles. The van der Waals surface area contributed by atoms with Crippen molar-refractivity contribution in [3.05, 3.63) is 24.3 Å². The molecule has 1 aliphatic carbocycles. The number of carbonyl (C=O) groups is 1. The van der Waals surface area contributed by atoms with Gasteiger partial charge in [0.05, 0.1) is 5.75 Å². The molecule has 1 saturated heterocycles. The first-order valence-corrected chi connectivity index (χ1v) is 11.5. The van der Waals surface area contributed by atoms with Crippen LogP contribution in [0.2, 0.25) is 0 Å². The summed E-state index contributed by atoms with van der Waals surface area (Å²) in [6.45, 7) is 5.14. The number of likely N-dealkylation sites (tertiary alicyclic amines) is 1. The van der Waals surface area contributed by atoms with Gasteiger partial charge in [-0.2, -0.15) is 0 Å². The van der Waals surface area contributed by atoms with Crippen molar-refractivity contribution in [1.82, 2.24) is 10.2 Å². The number of carbonyl (C=O) groups excluding carboxylic acids is 1. The maximum Gasteiger partial charge on any atom is 0.319 e. The Balaban J connectivity index is 1.41. The van der Waals surface area contributed by atoms with Gasteiger partial charge in [-0.05, 0) is 62.3 Å². The van der Waals surface area contributed by atoms with E-state index in [2.05, 4.69) is 20.3 Å². The summed E-state index contributed by atoms with van der Waals surface area (Å²) in [5, 5.41) is 5.86. The van der Waals surface area contributed by atoms with Crippen molar-refractivity contribution in [2.45, 2.75) is 45.1 Å². The first-order valence-electron chi connectivity index (χ1n) is 9.84. The molecule has 1 aromatic carbocycles. The summed E-state index contributed by atoms with van der Waals surface area (Å²) in [7, 11) is -3.30. The van der Waals surface area contributed by atoms with Crippen molar-refractivity contribution in [2.75, 3.05) is 35.4 Å². The lowest BCUT2D eigenvalue weighted by molar-refractivity contribution is 0.190. The Kier molecular flexibility index (Phi) is 6.59. The van der Waals surface area contributed by atoms with Crippen LogP contribution in [0, 0.1) is 5.92 Å². The second-order valence-corrected chi connectivity index (χ2v) is 9.46. The van der Waals surface area contributed by atoms with Crippen LogP contribution in [-0.2, 0) is 10.0 Å². The number of benzene rings is 1. The van der Waals surface area contributed by atoms with Crippen molar-refractivity contribution in [3.63, 3.8) is 0 Å². The fourth-order valence-corrected chi connectivity index (χ4v) is 4.53. The molecular formula is C19H30N4O3S.